The smallest absolute Gasteiger partial charge is 0.410 e. The number of rotatable bonds is 3. The third-order valence-electron chi connectivity index (χ3n) is 5.75. The van der Waals surface area contributed by atoms with Gasteiger partial charge in [-0.15, -0.1) is 0 Å². The minimum atomic E-state index is -4.48. The molecule has 5 rings (SSSR count). The molecule has 3 heterocycles. The van der Waals surface area contributed by atoms with E-state index in [0.29, 0.717) is 23.7 Å². The summed E-state index contributed by atoms with van der Waals surface area (Å²) in [6, 6.07) is 8.22. The molecule has 2 fully saturated rings. The van der Waals surface area contributed by atoms with Crippen molar-refractivity contribution in [1.29, 1.82) is 0 Å². The number of ether oxygens (including phenoxy) is 1. The Balaban J connectivity index is 1.45. The highest BCUT2D eigenvalue weighted by Crippen LogP contribution is 2.57. The molecule has 3 aromatic rings. The second kappa shape index (κ2) is 7.04. The third kappa shape index (κ3) is 3.36. The van der Waals surface area contributed by atoms with Gasteiger partial charge in [-0.25, -0.2) is 14.8 Å². The van der Waals surface area contributed by atoms with Crippen molar-refractivity contribution >= 4 is 27.8 Å². The van der Waals surface area contributed by atoms with Gasteiger partial charge in [0.1, 0.15) is 22.0 Å². The number of thiazole rings is 1. The largest absolute Gasteiger partial charge is 0.415 e. The van der Waals surface area contributed by atoms with Crippen LogP contribution in [0, 0.1) is 0 Å². The summed E-state index contributed by atoms with van der Waals surface area (Å²) in [7, 11) is 0. The van der Waals surface area contributed by atoms with Crippen molar-refractivity contribution in [2.75, 3.05) is 6.54 Å². The first kappa shape index (κ1) is 20.0. The van der Waals surface area contributed by atoms with E-state index in [-0.39, 0.29) is 29.0 Å². The Kier molecular flexibility index (Phi) is 4.54. The SMILES string of the molecule is O=C(Oc1ccccc1)N1CCC[C@@H]1c1nc2c(=O)[nH]c(C3(C(F)(F)F)CC3)nc2s1. The molecule has 1 amide bonds. The van der Waals surface area contributed by atoms with Crippen LogP contribution in [-0.2, 0) is 5.41 Å². The maximum atomic E-state index is 13.5. The quantitative estimate of drug-likeness (QED) is 0.643. The molecule has 31 heavy (non-hydrogen) atoms. The number of benzene rings is 1. The van der Waals surface area contributed by atoms with Crippen LogP contribution >= 0.6 is 11.3 Å². The topological polar surface area (TPSA) is 88.2 Å². The van der Waals surface area contributed by atoms with E-state index in [2.05, 4.69) is 15.0 Å². The van der Waals surface area contributed by atoms with Crippen LogP contribution in [0.3, 0.4) is 0 Å². The number of nitrogens with zero attached hydrogens (tertiary/aromatic N) is 3. The average molecular weight is 450 g/mol. The van der Waals surface area contributed by atoms with Crippen LogP contribution in [0.1, 0.15) is 42.6 Å². The molecule has 7 nitrogen and oxygen atoms in total. The highest BCUT2D eigenvalue weighted by atomic mass is 32.1. The molecule has 2 aliphatic rings. The van der Waals surface area contributed by atoms with Crippen LogP contribution in [0.2, 0.25) is 0 Å². The molecule has 0 unspecified atom stereocenters. The van der Waals surface area contributed by atoms with Crippen molar-refractivity contribution in [2.45, 2.75) is 43.3 Å². The van der Waals surface area contributed by atoms with Gasteiger partial charge in [-0.1, -0.05) is 29.5 Å². The first-order valence-electron chi connectivity index (χ1n) is 9.80. The number of nitrogens with one attached hydrogen (secondary N) is 1. The number of halogens is 3. The number of aromatic nitrogens is 3. The van der Waals surface area contributed by atoms with Gasteiger partial charge in [0.05, 0.1) is 6.04 Å². The molecule has 1 atom stereocenters. The summed E-state index contributed by atoms with van der Waals surface area (Å²) in [6.07, 6.45) is -3.88. The lowest BCUT2D eigenvalue weighted by atomic mass is 10.1. The molecule has 0 bridgehead atoms. The van der Waals surface area contributed by atoms with E-state index in [0.717, 1.165) is 17.8 Å². The molecule has 162 valence electrons. The Morgan fingerprint density at radius 2 is 1.97 bits per heavy atom. The molecule has 11 heteroatoms. The number of hydrogen-bond donors (Lipinski definition) is 1. The Hall–Kier alpha value is -2.95. The van der Waals surface area contributed by atoms with Crippen molar-refractivity contribution in [2.24, 2.45) is 0 Å². The maximum absolute atomic E-state index is 13.5. The fraction of sp³-hybridized carbons (Fsp3) is 0.400. The lowest BCUT2D eigenvalue weighted by Crippen LogP contribution is -2.33. The number of para-hydroxylation sites is 1. The number of amides is 1. The molecular weight excluding hydrogens is 433 g/mol. The van der Waals surface area contributed by atoms with Gasteiger partial charge in [-0.2, -0.15) is 13.2 Å². The molecule has 1 saturated heterocycles. The number of alkyl halides is 3. The van der Waals surface area contributed by atoms with Crippen molar-refractivity contribution < 1.29 is 22.7 Å². The number of H-pyrrole nitrogens is 1. The highest BCUT2D eigenvalue weighted by molar-refractivity contribution is 7.18. The number of fused-ring (bicyclic) bond motifs is 1. The van der Waals surface area contributed by atoms with E-state index in [1.807, 2.05) is 0 Å². The molecular formula is C20H17F3N4O3S. The Bertz CT molecular complexity index is 1200. The molecule has 1 saturated carbocycles. The lowest BCUT2D eigenvalue weighted by Gasteiger charge is -2.22. The monoisotopic (exact) mass is 450 g/mol. The summed E-state index contributed by atoms with van der Waals surface area (Å²) in [5.74, 6) is 0.0477. The first-order valence-corrected chi connectivity index (χ1v) is 10.6. The van der Waals surface area contributed by atoms with E-state index in [9.17, 15) is 22.8 Å². The second-order valence-electron chi connectivity index (χ2n) is 7.73. The predicted octanol–water partition coefficient (Wildman–Crippen LogP) is 4.31. The summed E-state index contributed by atoms with van der Waals surface area (Å²) < 4.78 is 45.8. The van der Waals surface area contributed by atoms with Crippen LogP contribution in [0.5, 0.6) is 5.75 Å². The fourth-order valence-corrected chi connectivity index (χ4v) is 4.97. The van der Waals surface area contributed by atoms with Crippen molar-refractivity contribution in [3.63, 3.8) is 0 Å². The standard InChI is InChI=1S/C20H17F3N4O3S/c21-20(22,23)19(8-9-19)17-25-14(28)13-16(26-17)31-15(24-13)12-7-4-10-27(12)18(29)30-11-5-2-1-3-6-11/h1-3,5-6,12H,4,7-10H2,(H,25,26,28)/t12-/m1/s1. The van der Waals surface area contributed by atoms with E-state index in [1.54, 1.807) is 30.3 Å². The maximum Gasteiger partial charge on any atom is 0.415 e. The van der Waals surface area contributed by atoms with Gasteiger partial charge >= 0.3 is 12.3 Å². The van der Waals surface area contributed by atoms with Gasteiger partial charge < -0.3 is 9.72 Å². The fourth-order valence-electron chi connectivity index (χ4n) is 3.89. The summed E-state index contributed by atoms with van der Waals surface area (Å²) >= 11 is 1.05. The normalized spacial score (nSPS) is 20.2. The average Bonchev–Trinajstić information content (AvgIpc) is 3.22. The number of carbonyl (C=O) groups is 1. The van der Waals surface area contributed by atoms with Crippen LogP contribution < -0.4 is 10.3 Å². The van der Waals surface area contributed by atoms with Crippen LogP contribution in [-0.4, -0.2) is 38.7 Å². The molecule has 0 spiro atoms. The zero-order valence-electron chi connectivity index (χ0n) is 16.1. The third-order valence-corrected chi connectivity index (χ3v) is 6.80. The van der Waals surface area contributed by atoms with Gasteiger partial charge in [-0.05, 0) is 37.8 Å². The number of carbonyl (C=O) groups excluding carboxylic acids is 1. The summed E-state index contributed by atoms with van der Waals surface area (Å²) in [5, 5.41) is 0.463. The molecule has 1 aromatic carbocycles. The first-order chi connectivity index (χ1) is 14.8. The van der Waals surface area contributed by atoms with E-state index in [1.165, 1.54) is 4.90 Å². The molecule has 2 aromatic heterocycles. The molecule has 0 radical (unpaired) electrons. The minimum absolute atomic E-state index is 0.00926. The van der Waals surface area contributed by atoms with Gasteiger partial charge in [0.2, 0.25) is 0 Å². The Morgan fingerprint density at radius 1 is 1.23 bits per heavy atom. The van der Waals surface area contributed by atoms with Crippen LogP contribution in [0.25, 0.3) is 10.3 Å². The zero-order chi connectivity index (χ0) is 21.8. The molecule has 1 aliphatic carbocycles. The summed E-state index contributed by atoms with van der Waals surface area (Å²) in [6.45, 7) is 0.457. The Morgan fingerprint density at radius 3 is 2.65 bits per heavy atom. The number of aromatic amines is 1. The Labute approximate surface area is 177 Å². The molecule has 1 aliphatic heterocycles. The minimum Gasteiger partial charge on any atom is -0.410 e. The molecule has 1 N–H and O–H groups in total. The number of hydrogen-bond acceptors (Lipinski definition) is 6. The van der Waals surface area contributed by atoms with Gasteiger partial charge in [-0.3, -0.25) is 9.69 Å². The van der Waals surface area contributed by atoms with E-state index in [4.69, 9.17) is 4.74 Å². The van der Waals surface area contributed by atoms with Crippen LogP contribution in [0.4, 0.5) is 18.0 Å². The van der Waals surface area contributed by atoms with Crippen LogP contribution in [0.15, 0.2) is 35.1 Å². The van der Waals surface area contributed by atoms with Gasteiger partial charge in [0, 0.05) is 6.54 Å². The summed E-state index contributed by atoms with van der Waals surface area (Å²) in [4.78, 5) is 37.5. The van der Waals surface area contributed by atoms with E-state index >= 15 is 0 Å². The summed E-state index contributed by atoms with van der Waals surface area (Å²) in [5.41, 5.74) is -2.79. The zero-order valence-corrected chi connectivity index (χ0v) is 16.9. The van der Waals surface area contributed by atoms with E-state index < -0.39 is 29.3 Å². The van der Waals surface area contributed by atoms with Crippen molar-refractivity contribution in [3.05, 3.63) is 51.5 Å². The van der Waals surface area contributed by atoms with Crippen molar-refractivity contribution in [3.8, 4) is 5.75 Å². The number of likely N-dealkylation sites (tertiary alicyclic amines) is 1. The van der Waals surface area contributed by atoms with Gasteiger partial charge in [0.15, 0.2) is 10.3 Å². The lowest BCUT2D eigenvalue weighted by molar-refractivity contribution is -0.162. The van der Waals surface area contributed by atoms with Gasteiger partial charge in [0.25, 0.3) is 5.56 Å². The van der Waals surface area contributed by atoms with Crippen molar-refractivity contribution in [1.82, 2.24) is 19.9 Å². The second-order valence-corrected chi connectivity index (χ2v) is 8.74. The highest BCUT2D eigenvalue weighted by Gasteiger charge is 2.66. The predicted molar refractivity (Wildman–Crippen MR) is 106 cm³/mol.